The van der Waals surface area contributed by atoms with Crippen LogP contribution < -0.4 is 4.74 Å². The van der Waals surface area contributed by atoms with Crippen LogP contribution in [0.2, 0.25) is 0 Å². The van der Waals surface area contributed by atoms with Crippen molar-refractivity contribution in [2.75, 3.05) is 14.2 Å². The Morgan fingerprint density at radius 2 is 2.18 bits per heavy atom. The van der Waals surface area contributed by atoms with Gasteiger partial charge in [-0.2, -0.15) is 4.99 Å². The summed E-state index contributed by atoms with van der Waals surface area (Å²) in [6.07, 6.45) is 3.47. The lowest BCUT2D eigenvalue weighted by molar-refractivity contribution is 0.181. The Morgan fingerprint density at radius 3 is 2.71 bits per heavy atom. The van der Waals surface area contributed by atoms with Crippen LogP contribution in [-0.4, -0.2) is 20.3 Å². The van der Waals surface area contributed by atoms with Crippen molar-refractivity contribution in [2.45, 2.75) is 25.0 Å². The summed E-state index contributed by atoms with van der Waals surface area (Å²) in [4.78, 5) is 14.3. The summed E-state index contributed by atoms with van der Waals surface area (Å²) >= 11 is 0. The van der Waals surface area contributed by atoms with Gasteiger partial charge in [-0.15, -0.1) is 0 Å². The fourth-order valence-corrected chi connectivity index (χ4v) is 2.01. The third-order valence-corrected chi connectivity index (χ3v) is 3.10. The molecule has 1 saturated carbocycles. The number of isocyanates is 1. The largest absolute Gasteiger partial charge is 0.496 e. The molecule has 0 N–H and O–H groups in total. The van der Waals surface area contributed by atoms with Crippen molar-refractivity contribution < 1.29 is 14.3 Å². The molecule has 4 nitrogen and oxygen atoms in total. The maximum absolute atomic E-state index is 10.4. The standard InChI is InChI=1S/C13H15NO3/c1-16-8-10-7-11(3-4-12(10)17-2)13(5-6-13)14-9-15/h3-4,7H,5-6,8H2,1-2H3. The van der Waals surface area contributed by atoms with Gasteiger partial charge in [0.25, 0.3) is 0 Å². The molecule has 1 aliphatic carbocycles. The van der Waals surface area contributed by atoms with Crippen molar-refractivity contribution in [3.63, 3.8) is 0 Å². The van der Waals surface area contributed by atoms with Crippen molar-refractivity contribution in [2.24, 2.45) is 4.99 Å². The molecule has 90 valence electrons. The van der Waals surface area contributed by atoms with Gasteiger partial charge < -0.3 is 9.47 Å². The molecule has 17 heavy (non-hydrogen) atoms. The molecule has 1 aromatic rings. The normalized spacial score (nSPS) is 16.1. The van der Waals surface area contributed by atoms with Crippen LogP contribution in [0.5, 0.6) is 5.75 Å². The van der Waals surface area contributed by atoms with E-state index in [1.54, 1.807) is 20.3 Å². The number of carbonyl (C=O) groups excluding carboxylic acids is 1. The highest BCUT2D eigenvalue weighted by Crippen LogP contribution is 2.49. The SMILES string of the molecule is COCc1cc(C2(N=C=O)CC2)ccc1OC. The van der Waals surface area contributed by atoms with Gasteiger partial charge in [0.2, 0.25) is 6.08 Å². The molecule has 2 rings (SSSR count). The molecule has 0 aliphatic heterocycles. The van der Waals surface area contributed by atoms with Crippen molar-refractivity contribution in [3.8, 4) is 5.75 Å². The average Bonchev–Trinajstić information content (AvgIpc) is 3.11. The summed E-state index contributed by atoms with van der Waals surface area (Å²) in [7, 11) is 3.27. The van der Waals surface area contributed by atoms with Crippen LogP contribution in [0.25, 0.3) is 0 Å². The summed E-state index contributed by atoms with van der Waals surface area (Å²) in [5.41, 5.74) is 1.67. The fraction of sp³-hybridized carbons (Fsp3) is 0.462. The van der Waals surface area contributed by atoms with Crippen LogP contribution in [0.15, 0.2) is 23.2 Å². The van der Waals surface area contributed by atoms with E-state index in [-0.39, 0.29) is 5.54 Å². The van der Waals surface area contributed by atoms with E-state index in [0.29, 0.717) is 6.61 Å². The van der Waals surface area contributed by atoms with Crippen LogP contribution in [-0.2, 0) is 21.7 Å². The van der Waals surface area contributed by atoms with Gasteiger partial charge in [-0.05, 0) is 30.5 Å². The number of benzene rings is 1. The van der Waals surface area contributed by atoms with Gasteiger partial charge in [-0.3, -0.25) is 0 Å². The molecule has 0 spiro atoms. The summed E-state index contributed by atoms with van der Waals surface area (Å²) in [6, 6.07) is 5.84. The summed E-state index contributed by atoms with van der Waals surface area (Å²) in [5.74, 6) is 0.793. The Hall–Kier alpha value is -1.64. The van der Waals surface area contributed by atoms with E-state index < -0.39 is 0 Å². The summed E-state index contributed by atoms with van der Waals surface area (Å²) in [6.45, 7) is 0.484. The molecule has 1 aromatic carbocycles. The van der Waals surface area contributed by atoms with Gasteiger partial charge in [0.15, 0.2) is 0 Å². The van der Waals surface area contributed by atoms with Gasteiger partial charge in [0.05, 0.1) is 19.3 Å². The molecule has 0 amide bonds. The molecule has 0 saturated heterocycles. The van der Waals surface area contributed by atoms with E-state index in [1.807, 2.05) is 18.2 Å². The first-order chi connectivity index (χ1) is 8.25. The van der Waals surface area contributed by atoms with Gasteiger partial charge in [-0.1, -0.05) is 6.07 Å². The summed E-state index contributed by atoms with van der Waals surface area (Å²) in [5, 5.41) is 0. The lowest BCUT2D eigenvalue weighted by Gasteiger charge is -2.13. The van der Waals surface area contributed by atoms with Crippen LogP contribution >= 0.6 is 0 Å². The topological polar surface area (TPSA) is 47.9 Å². The molecule has 0 bridgehead atoms. The zero-order valence-corrected chi connectivity index (χ0v) is 10.0. The lowest BCUT2D eigenvalue weighted by atomic mass is 10.0. The Kier molecular flexibility index (Phi) is 3.27. The maximum Gasteiger partial charge on any atom is 0.235 e. The van der Waals surface area contributed by atoms with E-state index >= 15 is 0 Å². The first-order valence-electron chi connectivity index (χ1n) is 5.51. The Morgan fingerprint density at radius 1 is 1.41 bits per heavy atom. The summed E-state index contributed by atoms with van der Waals surface area (Å²) < 4.78 is 10.4. The number of aliphatic imine (C=N–C) groups is 1. The third-order valence-electron chi connectivity index (χ3n) is 3.10. The minimum Gasteiger partial charge on any atom is -0.496 e. The van der Waals surface area contributed by atoms with Crippen LogP contribution in [0.3, 0.4) is 0 Å². The first-order valence-corrected chi connectivity index (χ1v) is 5.51. The van der Waals surface area contributed by atoms with Crippen LogP contribution in [0.1, 0.15) is 24.0 Å². The number of ether oxygens (including phenoxy) is 2. The zero-order valence-electron chi connectivity index (χ0n) is 10.0. The molecular weight excluding hydrogens is 218 g/mol. The molecule has 0 aromatic heterocycles. The predicted molar refractivity (Wildman–Crippen MR) is 62.7 cm³/mol. The quantitative estimate of drug-likeness (QED) is 0.578. The fourth-order valence-electron chi connectivity index (χ4n) is 2.01. The number of hydrogen-bond donors (Lipinski definition) is 0. The second-order valence-corrected chi connectivity index (χ2v) is 4.19. The second-order valence-electron chi connectivity index (χ2n) is 4.19. The number of methoxy groups -OCH3 is 2. The molecule has 0 radical (unpaired) electrons. The first kappa shape index (κ1) is 11.8. The van der Waals surface area contributed by atoms with Crippen molar-refractivity contribution in [1.29, 1.82) is 0 Å². The molecule has 1 aliphatic rings. The van der Waals surface area contributed by atoms with E-state index in [0.717, 1.165) is 29.7 Å². The van der Waals surface area contributed by atoms with Crippen LogP contribution in [0.4, 0.5) is 0 Å². The molecule has 0 atom stereocenters. The lowest BCUT2D eigenvalue weighted by Crippen LogP contribution is -2.04. The second kappa shape index (κ2) is 4.70. The number of rotatable bonds is 5. The van der Waals surface area contributed by atoms with Gasteiger partial charge in [0, 0.05) is 12.7 Å². The van der Waals surface area contributed by atoms with E-state index in [4.69, 9.17) is 9.47 Å². The number of nitrogens with zero attached hydrogens (tertiary/aromatic N) is 1. The minimum atomic E-state index is -0.337. The Bertz CT molecular complexity index is 460. The van der Waals surface area contributed by atoms with Crippen molar-refractivity contribution in [3.05, 3.63) is 29.3 Å². The van der Waals surface area contributed by atoms with E-state index in [9.17, 15) is 4.79 Å². The minimum absolute atomic E-state index is 0.337. The number of hydrogen-bond acceptors (Lipinski definition) is 4. The average molecular weight is 233 g/mol. The highest BCUT2D eigenvalue weighted by atomic mass is 16.5. The maximum atomic E-state index is 10.4. The van der Waals surface area contributed by atoms with Gasteiger partial charge >= 0.3 is 0 Å². The van der Waals surface area contributed by atoms with E-state index in [1.165, 1.54) is 0 Å². The molecule has 1 fully saturated rings. The molecule has 0 unspecified atom stereocenters. The highest BCUT2D eigenvalue weighted by molar-refractivity contribution is 5.45. The van der Waals surface area contributed by atoms with Gasteiger partial charge in [0.1, 0.15) is 5.75 Å². The van der Waals surface area contributed by atoms with E-state index in [2.05, 4.69) is 4.99 Å². The smallest absolute Gasteiger partial charge is 0.235 e. The zero-order chi connectivity index (χ0) is 12.3. The Balaban J connectivity index is 2.37. The highest BCUT2D eigenvalue weighted by Gasteiger charge is 2.45. The molecule has 4 heteroatoms. The molecule has 0 heterocycles. The van der Waals surface area contributed by atoms with Crippen molar-refractivity contribution >= 4 is 6.08 Å². The molecular formula is C13H15NO3. The predicted octanol–water partition coefficient (Wildman–Crippen LogP) is 2.17. The Labute approximate surface area is 100 Å². The van der Waals surface area contributed by atoms with Gasteiger partial charge in [-0.25, -0.2) is 4.79 Å². The monoisotopic (exact) mass is 233 g/mol. The third kappa shape index (κ3) is 2.23. The van der Waals surface area contributed by atoms with Crippen LogP contribution in [0, 0.1) is 0 Å². The van der Waals surface area contributed by atoms with Crippen molar-refractivity contribution in [1.82, 2.24) is 0 Å².